The molecule has 1 fully saturated rings. The van der Waals surface area contributed by atoms with Gasteiger partial charge < -0.3 is 4.74 Å². The Balaban J connectivity index is 1.67. The van der Waals surface area contributed by atoms with Crippen LogP contribution in [0, 0.1) is 13.8 Å². The summed E-state index contributed by atoms with van der Waals surface area (Å²) in [6, 6.07) is 10.5. The van der Waals surface area contributed by atoms with E-state index >= 15 is 0 Å². The zero-order chi connectivity index (χ0) is 19.0. The van der Waals surface area contributed by atoms with Crippen molar-refractivity contribution in [1.29, 1.82) is 0 Å². The summed E-state index contributed by atoms with van der Waals surface area (Å²) in [5.74, 6) is 0.883. The molecule has 1 aliphatic rings. The molecule has 1 atom stereocenters. The summed E-state index contributed by atoms with van der Waals surface area (Å²) < 4.78 is 6.94. The highest BCUT2D eigenvalue weighted by Crippen LogP contribution is 2.32. The van der Waals surface area contributed by atoms with Gasteiger partial charge in [0.05, 0.1) is 18.8 Å². The molecule has 1 N–H and O–H groups in total. The second-order valence-electron chi connectivity index (χ2n) is 7.37. The minimum atomic E-state index is -0.0149. The molecule has 27 heavy (non-hydrogen) atoms. The molecule has 0 aliphatic carbocycles. The van der Waals surface area contributed by atoms with E-state index in [-0.39, 0.29) is 11.6 Å². The van der Waals surface area contributed by atoms with E-state index in [1.165, 1.54) is 18.4 Å². The number of nitrogens with zero attached hydrogens (tertiary/aromatic N) is 3. The second kappa shape index (κ2) is 7.19. The van der Waals surface area contributed by atoms with Gasteiger partial charge in [0.1, 0.15) is 5.75 Å². The number of piperidine rings is 1. The number of likely N-dealkylation sites (tertiary alicyclic amines) is 1. The molecule has 3 aromatic rings. The first-order valence-electron chi connectivity index (χ1n) is 9.52. The van der Waals surface area contributed by atoms with Gasteiger partial charge in [-0.3, -0.25) is 14.8 Å². The third-order valence-electron chi connectivity index (χ3n) is 5.60. The van der Waals surface area contributed by atoms with E-state index < -0.39 is 0 Å². The van der Waals surface area contributed by atoms with Crippen molar-refractivity contribution >= 4 is 5.65 Å². The van der Waals surface area contributed by atoms with E-state index in [4.69, 9.17) is 4.74 Å². The van der Waals surface area contributed by atoms with Crippen molar-refractivity contribution in [2.75, 3.05) is 13.7 Å². The lowest BCUT2D eigenvalue weighted by atomic mass is 9.98. The topological polar surface area (TPSA) is 62.6 Å². The number of rotatable bonds is 4. The summed E-state index contributed by atoms with van der Waals surface area (Å²) in [6.07, 6.45) is 3.45. The molecule has 2 aromatic heterocycles. The predicted molar refractivity (Wildman–Crippen MR) is 105 cm³/mol. The maximum atomic E-state index is 12.6. The third-order valence-corrected chi connectivity index (χ3v) is 5.60. The quantitative estimate of drug-likeness (QED) is 0.769. The monoisotopic (exact) mass is 366 g/mol. The Morgan fingerprint density at radius 2 is 2.11 bits per heavy atom. The molecule has 0 spiro atoms. The van der Waals surface area contributed by atoms with Gasteiger partial charge in [0.25, 0.3) is 5.56 Å². The van der Waals surface area contributed by atoms with Crippen molar-refractivity contribution in [2.45, 2.75) is 45.7 Å². The van der Waals surface area contributed by atoms with Crippen LogP contribution in [0.4, 0.5) is 0 Å². The van der Waals surface area contributed by atoms with E-state index in [0.717, 1.165) is 36.6 Å². The number of ether oxygens (including phenoxy) is 1. The van der Waals surface area contributed by atoms with Crippen LogP contribution in [0.2, 0.25) is 0 Å². The van der Waals surface area contributed by atoms with Crippen molar-refractivity contribution < 1.29 is 4.74 Å². The lowest BCUT2D eigenvalue weighted by Gasteiger charge is -2.35. The molecule has 1 aromatic carbocycles. The number of hydrogen-bond acceptors (Lipinski definition) is 4. The predicted octanol–water partition coefficient (Wildman–Crippen LogP) is 3.38. The van der Waals surface area contributed by atoms with Crippen LogP contribution in [0.5, 0.6) is 5.75 Å². The van der Waals surface area contributed by atoms with Gasteiger partial charge in [0.15, 0.2) is 5.65 Å². The van der Waals surface area contributed by atoms with Crippen LogP contribution in [0.3, 0.4) is 0 Å². The molecule has 0 amide bonds. The normalized spacial score (nSPS) is 18.1. The molecule has 0 radical (unpaired) electrons. The van der Waals surface area contributed by atoms with Crippen LogP contribution in [0.25, 0.3) is 5.65 Å². The van der Waals surface area contributed by atoms with E-state index in [1.54, 1.807) is 11.6 Å². The molecule has 6 heteroatoms. The lowest BCUT2D eigenvalue weighted by Crippen LogP contribution is -2.33. The molecule has 4 rings (SSSR count). The Kier molecular flexibility index (Phi) is 4.74. The molecule has 3 heterocycles. The Labute approximate surface area is 158 Å². The zero-order valence-electron chi connectivity index (χ0n) is 16.2. The van der Waals surface area contributed by atoms with Crippen LogP contribution >= 0.6 is 0 Å². The number of aryl methyl sites for hydroxylation is 1. The van der Waals surface area contributed by atoms with Crippen LogP contribution in [-0.2, 0) is 6.54 Å². The fourth-order valence-corrected chi connectivity index (χ4v) is 3.95. The molecule has 0 saturated carbocycles. The number of H-pyrrole nitrogens is 1. The highest BCUT2D eigenvalue weighted by molar-refractivity contribution is 5.42. The standard InChI is InChI=1S/C21H26N4O2/c1-14-15(2)22-20-12-18(23-25(20)21(14)26)19-9-4-5-10-24(19)13-16-7-6-8-17(11-16)27-3/h6-8,11-12,19,23H,4-5,9-10,13H2,1-3H3. The van der Waals surface area contributed by atoms with E-state index in [0.29, 0.717) is 11.2 Å². The molecule has 6 nitrogen and oxygen atoms in total. The smallest absolute Gasteiger partial charge is 0.275 e. The Hall–Kier alpha value is -2.60. The second-order valence-corrected chi connectivity index (χ2v) is 7.37. The van der Waals surface area contributed by atoms with Crippen LogP contribution in [0.15, 0.2) is 35.1 Å². The highest BCUT2D eigenvalue weighted by atomic mass is 16.5. The summed E-state index contributed by atoms with van der Waals surface area (Å²) in [4.78, 5) is 19.6. The lowest BCUT2D eigenvalue weighted by molar-refractivity contribution is 0.137. The summed E-state index contributed by atoms with van der Waals surface area (Å²) in [6.45, 7) is 5.61. The van der Waals surface area contributed by atoms with Gasteiger partial charge in [-0.15, -0.1) is 0 Å². The van der Waals surface area contributed by atoms with Gasteiger partial charge in [-0.2, -0.15) is 0 Å². The van der Waals surface area contributed by atoms with E-state index in [9.17, 15) is 4.79 Å². The Bertz CT molecular complexity index is 1020. The summed E-state index contributed by atoms with van der Waals surface area (Å²) in [5.41, 5.74) is 4.47. The maximum absolute atomic E-state index is 12.6. The van der Waals surface area contributed by atoms with Crippen molar-refractivity contribution in [3.05, 3.63) is 63.2 Å². The van der Waals surface area contributed by atoms with Gasteiger partial charge in [0.2, 0.25) is 0 Å². The molecule has 142 valence electrons. The van der Waals surface area contributed by atoms with E-state index in [2.05, 4.69) is 27.1 Å². The number of aromatic nitrogens is 3. The highest BCUT2D eigenvalue weighted by Gasteiger charge is 2.26. The van der Waals surface area contributed by atoms with E-state index in [1.807, 2.05) is 32.0 Å². The van der Waals surface area contributed by atoms with Gasteiger partial charge in [0, 0.05) is 23.9 Å². The molecular weight excluding hydrogens is 340 g/mol. The summed E-state index contributed by atoms with van der Waals surface area (Å²) in [7, 11) is 1.70. The fourth-order valence-electron chi connectivity index (χ4n) is 3.95. The first-order valence-corrected chi connectivity index (χ1v) is 9.52. The minimum Gasteiger partial charge on any atom is -0.497 e. The average molecular weight is 366 g/mol. The van der Waals surface area contributed by atoms with Crippen LogP contribution < -0.4 is 10.3 Å². The van der Waals surface area contributed by atoms with Gasteiger partial charge in [-0.25, -0.2) is 9.50 Å². The molecule has 1 saturated heterocycles. The van der Waals surface area contributed by atoms with Crippen molar-refractivity contribution in [3.8, 4) is 5.75 Å². The molecular formula is C21H26N4O2. The average Bonchev–Trinajstić information content (AvgIpc) is 3.10. The summed E-state index contributed by atoms with van der Waals surface area (Å²) >= 11 is 0. The molecule has 1 unspecified atom stereocenters. The molecule has 0 bridgehead atoms. The SMILES string of the molecule is COc1cccc(CN2CCCCC2c2cc3nc(C)c(C)c(=O)n3[nH]2)c1. The Morgan fingerprint density at radius 3 is 2.93 bits per heavy atom. The largest absolute Gasteiger partial charge is 0.497 e. The van der Waals surface area contributed by atoms with Crippen molar-refractivity contribution in [3.63, 3.8) is 0 Å². The maximum Gasteiger partial charge on any atom is 0.275 e. The van der Waals surface area contributed by atoms with Crippen LogP contribution in [0.1, 0.15) is 47.8 Å². The fraction of sp³-hybridized carbons (Fsp3) is 0.429. The Morgan fingerprint density at radius 1 is 1.26 bits per heavy atom. The number of nitrogens with one attached hydrogen (secondary N) is 1. The zero-order valence-corrected chi connectivity index (χ0v) is 16.2. The number of fused-ring (bicyclic) bond motifs is 1. The van der Waals surface area contributed by atoms with Gasteiger partial charge >= 0.3 is 0 Å². The van der Waals surface area contributed by atoms with Gasteiger partial charge in [-0.1, -0.05) is 18.6 Å². The first kappa shape index (κ1) is 17.8. The van der Waals surface area contributed by atoms with Crippen molar-refractivity contribution in [1.82, 2.24) is 19.5 Å². The first-order chi connectivity index (χ1) is 13.1. The number of hydrogen-bond donors (Lipinski definition) is 1. The van der Waals surface area contributed by atoms with Crippen LogP contribution in [-0.4, -0.2) is 33.2 Å². The summed E-state index contributed by atoms with van der Waals surface area (Å²) in [5, 5.41) is 3.32. The molecule has 1 aliphatic heterocycles. The number of aromatic amines is 1. The number of benzene rings is 1. The minimum absolute atomic E-state index is 0.0149. The van der Waals surface area contributed by atoms with Crippen molar-refractivity contribution in [2.24, 2.45) is 0 Å². The number of methoxy groups -OCH3 is 1. The third kappa shape index (κ3) is 3.37. The van der Waals surface area contributed by atoms with Gasteiger partial charge in [-0.05, 0) is 50.9 Å².